The van der Waals surface area contributed by atoms with Crippen LogP contribution in [0.5, 0.6) is 0 Å². The zero-order valence-corrected chi connectivity index (χ0v) is 20.6. The predicted octanol–water partition coefficient (Wildman–Crippen LogP) is 4.96. The highest BCUT2D eigenvalue weighted by Crippen LogP contribution is 2.26. The number of hydrogen-bond acceptors (Lipinski definition) is 6. The second-order valence-corrected chi connectivity index (χ2v) is 15.0. The van der Waals surface area contributed by atoms with Gasteiger partial charge in [-0.3, -0.25) is 9.79 Å². The number of aliphatic imine (C=N–C) groups is 2. The molecular weight excluding hydrogens is 430 g/mol. The van der Waals surface area contributed by atoms with Gasteiger partial charge in [0, 0.05) is 27.2 Å². The standard InChI is InChI=1S/C25H29N5O2Si/c1-18(31)24-25(29-30(28-24)17-32-13-14-33(2,3)4)22-11-7-20(8-12-22)19-5-9-21(10-6-19)23-15-26-16-27-23/h5-12,16H,13-15,17H2,1-4H3. The second kappa shape index (κ2) is 9.72. The summed E-state index contributed by atoms with van der Waals surface area (Å²) in [4.78, 5) is 22.1. The molecule has 3 aromatic rings. The minimum atomic E-state index is -1.16. The Bertz CT molecular complexity index is 1190. The molecule has 0 unspecified atom stereocenters. The van der Waals surface area contributed by atoms with E-state index in [2.05, 4.69) is 64.1 Å². The molecule has 33 heavy (non-hydrogen) atoms. The molecule has 0 fully saturated rings. The van der Waals surface area contributed by atoms with E-state index in [1.807, 2.05) is 24.3 Å². The minimum absolute atomic E-state index is 0.114. The highest BCUT2D eigenvalue weighted by Gasteiger charge is 2.18. The molecule has 0 saturated heterocycles. The van der Waals surface area contributed by atoms with Gasteiger partial charge in [0.15, 0.2) is 18.2 Å². The van der Waals surface area contributed by atoms with Crippen LogP contribution in [0.3, 0.4) is 0 Å². The Labute approximate surface area is 195 Å². The van der Waals surface area contributed by atoms with Gasteiger partial charge in [-0.1, -0.05) is 68.2 Å². The molecule has 0 amide bonds. The molecule has 0 radical (unpaired) electrons. The number of nitrogens with zero attached hydrogens (tertiary/aromatic N) is 5. The van der Waals surface area contributed by atoms with E-state index in [4.69, 9.17) is 4.74 Å². The number of carbonyl (C=O) groups is 1. The van der Waals surface area contributed by atoms with Crippen molar-refractivity contribution >= 4 is 25.9 Å². The summed E-state index contributed by atoms with van der Waals surface area (Å²) < 4.78 is 5.75. The van der Waals surface area contributed by atoms with Crippen molar-refractivity contribution in [3.8, 4) is 22.4 Å². The van der Waals surface area contributed by atoms with E-state index < -0.39 is 8.07 Å². The van der Waals surface area contributed by atoms with Crippen LogP contribution in [0.2, 0.25) is 25.7 Å². The van der Waals surface area contributed by atoms with Crippen molar-refractivity contribution in [2.75, 3.05) is 13.2 Å². The van der Waals surface area contributed by atoms with Crippen molar-refractivity contribution in [1.82, 2.24) is 15.0 Å². The van der Waals surface area contributed by atoms with Crippen molar-refractivity contribution in [2.24, 2.45) is 9.98 Å². The molecule has 0 saturated carbocycles. The smallest absolute Gasteiger partial charge is 0.182 e. The first-order valence-electron chi connectivity index (χ1n) is 11.1. The van der Waals surface area contributed by atoms with Gasteiger partial charge in [-0.15, -0.1) is 5.10 Å². The molecule has 4 rings (SSSR count). The third-order valence-corrected chi connectivity index (χ3v) is 7.14. The van der Waals surface area contributed by atoms with Crippen molar-refractivity contribution in [3.05, 3.63) is 59.8 Å². The average molecular weight is 460 g/mol. The van der Waals surface area contributed by atoms with E-state index in [9.17, 15) is 4.79 Å². The molecule has 0 bridgehead atoms. The van der Waals surface area contributed by atoms with Crippen LogP contribution < -0.4 is 0 Å². The SMILES string of the molecule is CC(=O)c1nn(COCC[Si](C)(C)C)nc1-c1ccc(-c2ccc(C3=NC=NC3)cc2)cc1. The predicted molar refractivity (Wildman–Crippen MR) is 135 cm³/mol. The maximum atomic E-state index is 12.2. The van der Waals surface area contributed by atoms with Crippen molar-refractivity contribution in [3.63, 3.8) is 0 Å². The molecule has 0 aliphatic carbocycles. The molecule has 170 valence electrons. The van der Waals surface area contributed by atoms with E-state index in [0.717, 1.165) is 34.0 Å². The van der Waals surface area contributed by atoms with Crippen LogP contribution >= 0.6 is 0 Å². The summed E-state index contributed by atoms with van der Waals surface area (Å²) >= 11 is 0. The zero-order chi connectivity index (χ0) is 23.4. The largest absolute Gasteiger partial charge is 0.358 e. The lowest BCUT2D eigenvalue weighted by Gasteiger charge is -2.14. The van der Waals surface area contributed by atoms with E-state index in [-0.39, 0.29) is 12.5 Å². The number of carbonyl (C=O) groups excluding carboxylic acids is 1. The molecule has 1 aromatic heterocycles. The van der Waals surface area contributed by atoms with Crippen molar-refractivity contribution in [1.29, 1.82) is 0 Å². The van der Waals surface area contributed by atoms with Gasteiger partial charge in [0.05, 0.1) is 12.3 Å². The van der Waals surface area contributed by atoms with Crippen LogP contribution in [0.25, 0.3) is 22.4 Å². The van der Waals surface area contributed by atoms with Crippen molar-refractivity contribution in [2.45, 2.75) is 39.3 Å². The molecule has 2 aromatic carbocycles. The Morgan fingerprint density at radius 1 is 0.939 bits per heavy atom. The maximum absolute atomic E-state index is 12.2. The average Bonchev–Trinajstić information content (AvgIpc) is 3.47. The summed E-state index contributed by atoms with van der Waals surface area (Å²) in [5, 5.41) is 8.91. The van der Waals surface area contributed by atoms with Crippen LogP contribution in [0.15, 0.2) is 58.5 Å². The molecule has 2 heterocycles. The summed E-state index contributed by atoms with van der Waals surface area (Å²) in [6.45, 7) is 10.0. The van der Waals surface area contributed by atoms with E-state index in [1.165, 1.54) is 11.7 Å². The van der Waals surface area contributed by atoms with Crippen LogP contribution in [0.1, 0.15) is 23.0 Å². The zero-order valence-electron chi connectivity index (χ0n) is 19.6. The summed E-state index contributed by atoms with van der Waals surface area (Å²) in [5.41, 5.74) is 6.06. The molecule has 0 spiro atoms. The fourth-order valence-electron chi connectivity index (χ4n) is 3.48. The summed E-state index contributed by atoms with van der Waals surface area (Å²) in [7, 11) is -1.16. The van der Waals surface area contributed by atoms with Gasteiger partial charge >= 0.3 is 0 Å². The Hall–Kier alpha value is -3.23. The first-order valence-corrected chi connectivity index (χ1v) is 14.8. The van der Waals surface area contributed by atoms with Crippen molar-refractivity contribution < 1.29 is 9.53 Å². The van der Waals surface area contributed by atoms with Gasteiger partial charge < -0.3 is 4.74 Å². The molecule has 8 heteroatoms. The normalized spacial score (nSPS) is 13.4. The van der Waals surface area contributed by atoms with Crippen LogP contribution in [0.4, 0.5) is 0 Å². The summed E-state index contributed by atoms with van der Waals surface area (Å²) in [6, 6.07) is 17.4. The number of Topliss-reactive ketones (excluding diaryl/α,β-unsaturated/α-hetero) is 1. The number of aromatic nitrogens is 3. The quantitative estimate of drug-likeness (QED) is 0.257. The van der Waals surface area contributed by atoms with Crippen LogP contribution in [0, 0.1) is 0 Å². The Kier molecular flexibility index (Phi) is 6.76. The molecule has 0 N–H and O–H groups in total. The van der Waals surface area contributed by atoms with E-state index >= 15 is 0 Å². The maximum Gasteiger partial charge on any atom is 0.182 e. The fourth-order valence-corrected chi connectivity index (χ4v) is 4.24. The summed E-state index contributed by atoms with van der Waals surface area (Å²) in [6.07, 6.45) is 1.60. The number of ketones is 1. The van der Waals surface area contributed by atoms with Crippen LogP contribution in [-0.4, -0.2) is 54.1 Å². The minimum Gasteiger partial charge on any atom is -0.358 e. The molecule has 7 nitrogen and oxygen atoms in total. The van der Waals surface area contributed by atoms with Gasteiger partial charge in [0.1, 0.15) is 12.0 Å². The lowest BCUT2D eigenvalue weighted by atomic mass is 10.00. The number of hydrogen-bond donors (Lipinski definition) is 0. The van der Waals surface area contributed by atoms with Gasteiger partial charge in [0.2, 0.25) is 0 Å². The first-order chi connectivity index (χ1) is 15.8. The number of ether oxygens (including phenoxy) is 1. The van der Waals surface area contributed by atoms with Crippen LogP contribution in [-0.2, 0) is 11.5 Å². The van der Waals surface area contributed by atoms with E-state index in [1.54, 1.807) is 6.34 Å². The first kappa shape index (κ1) is 22.9. The van der Waals surface area contributed by atoms with Gasteiger partial charge in [-0.2, -0.15) is 9.90 Å². The monoisotopic (exact) mass is 459 g/mol. The Morgan fingerprint density at radius 3 is 2.09 bits per heavy atom. The number of benzene rings is 2. The second-order valence-electron chi connectivity index (χ2n) is 9.36. The number of rotatable bonds is 9. The Morgan fingerprint density at radius 2 is 1.55 bits per heavy atom. The third-order valence-electron chi connectivity index (χ3n) is 5.44. The van der Waals surface area contributed by atoms with Gasteiger partial charge in [-0.05, 0) is 22.7 Å². The molecule has 1 aliphatic rings. The molecule has 0 atom stereocenters. The van der Waals surface area contributed by atoms with E-state index in [0.29, 0.717) is 24.5 Å². The lowest BCUT2D eigenvalue weighted by Crippen LogP contribution is -2.22. The molecular formula is C25H29N5O2Si. The molecule has 1 aliphatic heterocycles. The fraction of sp³-hybridized carbons (Fsp3) is 0.320. The lowest BCUT2D eigenvalue weighted by molar-refractivity contribution is 0.0682. The topological polar surface area (TPSA) is 81.7 Å². The summed E-state index contributed by atoms with van der Waals surface area (Å²) in [5.74, 6) is -0.114. The highest BCUT2D eigenvalue weighted by molar-refractivity contribution is 6.76. The Balaban J connectivity index is 1.48. The third kappa shape index (κ3) is 5.77. The van der Waals surface area contributed by atoms with Gasteiger partial charge in [0.25, 0.3) is 0 Å². The highest BCUT2D eigenvalue weighted by atomic mass is 28.3. The van der Waals surface area contributed by atoms with Gasteiger partial charge in [-0.25, -0.2) is 4.99 Å².